The molecule has 2 N–H and O–H groups in total. The number of hydrogen-bond acceptors (Lipinski definition) is 3. The summed E-state index contributed by atoms with van der Waals surface area (Å²) in [6.07, 6.45) is 0.971. The molecule has 0 radical (unpaired) electrons. The van der Waals surface area contributed by atoms with Crippen LogP contribution >= 0.6 is 0 Å². The molecule has 1 aromatic carbocycles. The van der Waals surface area contributed by atoms with Crippen molar-refractivity contribution in [2.24, 2.45) is 5.73 Å². The highest BCUT2D eigenvalue weighted by molar-refractivity contribution is 5.47. The van der Waals surface area contributed by atoms with E-state index in [0.29, 0.717) is 12.6 Å². The molecule has 0 aliphatic carbocycles. The third-order valence-electron chi connectivity index (χ3n) is 4.01. The first kappa shape index (κ1) is 14.4. The standard InChI is InChI=1S/C16H26N2O/c1-11(2)18(5)14(10-17)13-8-6-7-12-9-16(3,4)19-15(12)13/h6-8,11,14H,9-10,17H2,1-5H3. The van der Waals surface area contributed by atoms with Gasteiger partial charge < -0.3 is 10.5 Å². The third kappa shape index (κ3) is 2.77. The fraction of sp³-hybridized carbons (Fsp3) is 0.625. The van der Waals surface area contributed by atoms with E-state index in [-0.39, 0.29) is 11.6 Å². The fourth-order valence-corrected chi connectivity index (χ4v) is 2.77. The number of benzene rings is 1. The molecule has 0 saturated heterocycles. The smallest absolute Gasteiger partial charge is 0.128 e. The molecule has 0 bridgehead atoms. The minimum atomic E-state index is -0.103. The summed E-state index contributed by atoms with van der Waals surface area (Å²) in [4.78, 5) is 2.31. The van der Waals surface area contributed by atoms with Gasteiger partial charge in [-0.1, -0.05) is 18.2 Å². The Balaban J connectivity index is 2.39. The van der Waals surface area contributed by atoms with Gasteiger partial charge in [0, 0.05) is 24.6 Å². The summed E-state index contributed by atoms with van der Waals surface area (Å²) in [6.45, 7) is 9.27. The van der Waals surface area contributed by atoms with Gasteiger partial charge in [0.15, 0.2) is 0 Å². The van der Waals surface area contributed by atoms with Gasteiger partial charge in [-0.05, 0) is 40.3 Å². The Morgan fingerprint density at radius 1 is 1.37 bits per heavy atom. The lowest BCUT2D eigenvalue weighted by molar-refractivity contribution is 0.131. The third-order valence-corrected chi connectivity index (χ3v) is 4.01. The zero-order valence-corrected chi connectivity index (χ0v) is 12.7. The van der Waals surface area contributed by atoms with E-state index < -0.39 is 0 Å². The van der Waals surface area contributed by atoms with E-state index in [1.165, 1.54) is 11.1 Å². The largest absolute Gasteiger partial charge is 0.487 e. The van der Waals surface area contributed by atoms with E-state index in [1.807, 2.05) is 0 Å². The zero-order valence-electron chi connectivity index (χ0n) is 12.7. The molecule has 3 nitrogen and oxygen atoms in total. The lowest BCUT2D eigenvalue weighted by Gasteiger charge is -2.32. The Hall–Kier alpha value is -1.06. The van der Waals surface area contributed by atoms with Crippen LogP contribution < -0.4 is 10.5 Å². The van der Waals surface area contributed by atoms with E-state index in [9.17, 15) is 0 Å². The van der Waals surface area contributed by atoms with E-state index in [4.69, 9.17) is 10.5 Å². The highest BCUT2D eigenvalue weighted by atomic mass is 16.5. The average Bonchev–Trinajstić information content (AvgIpc) is 2.64. The molecule has 1 atom stereocenters. The fourth-order valence-electron chi connectivity index (χ4n) is 2.77. The second-order valence-corrected chi connectivity index (χ2v) is 6.38. The topological polar surface area (TPSA) is 38.5 Å². The molecule has 3 heteroatoms. The summed E-state index contributed by atoms with van der Waals surface area (Å²) >= 11 is 0. The summed E-state index contributed by atoms with van der Waals surface area (Å²) in [5.41, 5.74) is 8.43. The first-order valence-corrected chi connectivity index (χ1v) is 7.08. The molecular weight excluding hydrogens is 236 g/mol. The van der Waals surface area contributed by atoms with Crippen molar-refractivity contribution in [2.75, 3.05) is 13.6 Å². The predicted octanol–water partition coefficient (Wildman–Crippen LogP) is 2.74. The van der Waals surface area contributed by atoms with Crippen LogP contribution in [0.3, 0.4) is 0 Å². The Morgan fingerprint density at radius 3 is 2.63 bits per heavy atom. The maximum atomic E-state index is 6.16. The van der Waals surface area contributed by atoms with Crippen LogP contribution in [-0.4, -0.2) is 30.1 Å². The number of hydrogen-bond donors (Lipinski definition) is 1. The van der Waals surface area contributed by atoms with Crippen LogP contribution in [0.1, 0.15) is 44.9 Å². The van der Waals surface area contributed by atoms with Gasteiger partial charge in [0.1, 0.15) is 11.4 Å². The van der Waals surface area contributed by atoms with Crippen LogP contribution in [-0.2, 0) is 6.42 Å². The van der Waals surface area contributed by atoms with E-state index in [2.05, 4.69) is 57.8 Å². The second kappa shape index (κ2) is 5.14. The molecule has 1 unspecified atom stereocenters. The SMILES string of the molecule is CC(C)N(C)C(CN)c1cccc2c1OC(C)(C)C2. The van der Waals surface area contributed by atoms with Gasteiger partial charge >= 0.3 is 0 Å². The second-order valence-electron chi connectivity index (χ2n) is 6.38. The quantitative estimate of drug-likeness (QED) is 0.906. The lowest BCUT2D eigenvalue weighted by Crippen LogP contribution is -2.35. The Bertz CT molecular complexity index is 454. The minimum absolute atomic E-state index is 0.103. The number of para-hydroxylation sites is 1. The number of rotatable bonds is 4. The molecule has 0 fully saturated rings. The predicted molar refractivity (Wildman–Crippen MR) is 79.5 cm³/mol. The van der Waals surface area contributed by atoms with Crippen molar-refractivity contribution in [3.63, 3.8) is 0 Å². The highest BCUT2D eigenvalue weighted by Gasteiger charge is 2.34. The molecule has 19 heavy (non-hydrogen) atoms. The zero-order chi connectivity index (χ0) is 14.2. The molecule has 0 saturated carbocycles. The molecule has 1 aliphatic heterocycles. The number of ether oxygens (including phenoxy) is 1. The van der Waals surface area contributed by atoms with Crippen molar-refractivity contribution >= 4 is 0 Å². The minimum Gasteiger partial charge on any atom is -0.487 e. The normalized spacial score (nSPS) is 18.5. The molecule has 1 heterocycles. The first-order valence-electron chi connectivity index (χ1n) is 7.08. The van der Waals surface area contributed by atoms with E-state index in [0.717, 1.165) is 12.2 Å². The van der Waals surface area contributed by atoms with Crippen molar-refractivity contribution < 1.29 is 4.74 Å². The molecule has 2 rings (SSSR count). The van der Waals surface area contributed by atoms with Crippen LogP contribution in [0.4, 0.5) is 0 Å². The highest BCUT2D eigenvalue weighted by Crippen LogP contribution is 2.41. The molecule has 0 amide bonds. The van der Waals surface area contributed by atoms with Crippen molar-refractivity contribution in [1.82, 2.24) is 4.90 Å². The molecule has 106 valence electrons. The number of nitrogens with zero attached hydrogens (tertiary/aromatic N) is 1. The summed E-state index contributed by atoms with van der Waals surface area (Å²) in [7, 11) is 2.13. The molecule has 1 aromatic rings. The van der Waals surface area contributed by atoms with Gasteiger partial charge in [-0.3, -0.25) is 4.90 Å². The number of fused-ring (bicyclic) bond motifs is 1. The molecule has 0 aromatic heterocycles. The van der Waals surface area contributed by atoms with Crippen LogP contribution in [0.25, 0.3) is 0 Å². The van der Waals surface area contributed by atoms with Crippen molar-refractivity contribution in [3.05, 3.63) is 29.3 Å². The maximum absolute atomic E-state index is 6.16. The van der Waals surface area contributed by atoms with Crippen LogP contribution in [0, 0.1) is 0 Å². The van der Waals surface area contributed by atoms with Gasteiger partial charge in [-0.15, -0.1) is 0 Å². The van der Waals surface area contributed by atoms with Crippen molar-refractivity contribution in [2.45, 2.75) is 51.8 Å². The van der Waals surface area contributed by atoms with Crippen molar-refractivity contribution in [3.8, 4) is 5.75 Å². The van der Waals surface area contributed by atoms with Crippen LogP contribution in [0.15, 0.2) is 18.2 Å². The summed E-state index contributed by atoms with van der Waals surface area (Å²) in [5, 5.41) is 0. The lowest BCUT2D eigenvalue weighted by atomic mass is 9.97. The van der Waals surface area contributed by atoms with Gasteiger partial charge in [0.25, 0.3) is 0 Å². The van der Waals surface area contributed by atoms with Gasteiger partial charge in [0.2, 0.25) is 0 Å². The number of nitrogens with two attached hydrogens (primary N) is 1. The summed E-state index contributed by atoms with van der Waals surface area (Å²) in [5.74, 6) is 1.05. The van der Waals surface area contributed by atoms with Gasteiger partial charge in [0.05, 0.1) is 6.04 Å². The molecule has 0 spiro atoms. The Kier molecular flexibility index (Phi) is 3.88. The maximum Gasteiger partial charge on any atom is 0.128 e. The van der Waals surface area contributed by atoms with E-state index >= 15 is 0 Å². The van der Waals surface area contributed by atoms with Gasteiger partial charge in [-0.2, -0.15) is 0 Å². The van der Waals surface area contributed by atoms with Crippen LogP contribution in [0.2, 0.25) is 0 Å². The average molecular weight is 262 g/mol. The van der Waals surface area contributed by atoms with Crippen molar-refractivity contribution in [1.29, 1.82) is 0 Å². The van der Waals surface area contributed by atoms with Gasteiger partial charge in [-0.25, -0.2) is 0 Å². The Morgan fingerprint density at radius 2 is 2.05 bits per heavy atom. The molecular formula is C16H26N2O. The summed E-state index contributed by atoms with van der Waals surface area (Å²) in [6, 6.07) is 7.10. The number of likely N-dealkylation sites (N-methyl/N-ethyl adjacent to an activating group) is 1. The summed E-state index contributed by atoms with van der Waals surface area (Å²) < 4.78 is 6.16. The molecule has 1 aliphatic rings. The monoisotopic (exact) mass is 262 g/mol. The van der Waals surface area contributed by atoms with E-state index in [1.54, 1.807) is 0 Å². The van der Waals surface area contributed by atoms with Crippen LogP contribution in [0.5, 0.6) is 5.75 Å². The Labute approximate surface area is 116 Å². The first-order chi connectivity index (χ1) is 8.85.